The van der Waals surface area contributed by atoms with Gasteiger partial charge in [-0.3, -0.25) is 4.98 Å². The summed E-state index contributed by atoms with van der Waals surface area (Å²) >= 11 is 0. The van der Waals surface area contributed by atoms with Crippen LogP contribution in [0.3, 0.4) is 0 Å². The molecule has 1 aromatic heterocycles. The van der Waals surface area contributed by atoms with Crippen LogP contribution in [0.15, 0.2) is 97.3 Å². The third-order valence-corrected chi connectivity index (χ3v) is 5.63. The lowest BCUT2D eigenvalue weighted by Gasteiger charge is -2.21. The Morgan fingerprint density at radius 2 is 1.74 bits per heavy atom. The summed E-state index contributed by atoms with van der Waals surface area (Å²) in [6, 6.07) is 25.3. The number of aromatic nitrogens is 1. The van der Waals surface area contributed by atoms with Crippen LogP contribution in [-0.4, -0.2) is 21.8 Å². The first-order valence-corrected chi connectivity index (χ1v) is 11.0. The number of nitrogens with one attached hydrogen (secondary N) is 3. The normalized spacial score (nSPS) is 11.4. The number of phenolic OH excluding ortho intramolecular Hbond substituents is 1. The summed E-state index contributed by atoms with van der Waals surface area (Å²) in [6.07, 6.45) is 3.46. The van der Waals surface area contributed by atoms with Crippen LogP contribution < -0.4 is 10.6 Å². The van der Waals surface area contributed by atoms with Crippen LogP contribution >= 0.6 is 0 Å². The molecule has 6 heteroatoms. The van der Waals surface area contributed by atoms with Gasteiger partial charge in [0.05, 0.1) is 6.04 Å². The molecule has 0 fully saturated rings. The molecule has 0 aliphatic heterocycles. The summed E-state index contributed by atoms with van der Waals surface area (Å²) in [6.45, 7) is 1.93. The average molecular weight is 451 g/mol. The number of rotatable bonds is 7. The van der Waals surface area contributed by atoms with E-state index >= 15 is 0 Å². The molecule has 0 bridgehead atoms. The molecule has 4 aromatic rings. The summed E-state index contributed by atoms with van der Waals surface area (Å²) < 4.78 is 0. The largest absolute Gasteiger partial charge is 0.508 e. The van der Waals surface area contributed by atoms with Crippen molar-refractivity contribution in [1.82, 2.24) is 10.3 Å². The Morgan fingerprint density at radius 3 is 2.47 bits per heavy atom. The number of urea groups is 1. The van der Waals surface area contributed by atoms with Gasteiger partial charge in [0.2, 0.25) is 0 Å². The van der Waals surface area contributed by atoms with Crippen molar-refractivity contribution in [2.75, 3.05) is 5.32 Å². The van der Waals surface area contributed by atoms with Crippen molar-refractivity contribution in [2.24, 2.45) is 0 Å². The number of carbonyl (C=O) groups excluding carboxylic acids is 1. The van der Waals surface area contributed by atoms with Gasteiger partial charge in [-0.2, -0.15) is 0 Å². The number of amides is 2. The molecule has 1 unspecified atom stereocenters. The number of aromatic hydroxyl groups is 1. The number of aryl methyl sites for hydroxylation is 1. The van der Waals surface area contributed by atoms with E-state index in [-0.39, 0.29) is 12.2 Å². The van der Waals surface area contributed by atoms with Gasteiger partial charge in [-0.05, 0) is 41.8 Å². The van der Waals surface area contributed by atoms with Crippen LogP contribution in [0.4, 0.5) is 10.5 Å². The molecular weight excluding hydrogens is 424 g/mol. The number of pyridine rings is 1. The van der Waals surface area contributed by atoms with Gasteiger partial charge in [0.15, 0.2) is 0 Å². The lowest BCUT2D eigenvalue weighted by atomic mass is 9.97. The van der Waals surface area contributed by atoms with Gasteiger partial charge in [0.25, 0.3) is 0 Å². The maximum Gasteiger partial charge on any atom is 0.319 e. The highest BCUT2D eigenvalue weighted by Gasteiger charge is 2.21. The fourth-order valence-corrected chi connectivity index (χ4v) is 3.77. The summed E-state index contributed by atoms with van der Waals surface area (Å²) in [5.41, 5.74) is 5.19. The molecule has 0 aliphatic rings. The van der Waals surface area contributed by atoms with E-state index in [4.69, 9.17) is 5.41 Å². The SMILES string of the molecule is Cc1ccc(-c2ccccc2)cc1NC(=O)NC(CC(=N)c1cccnc1)c1ccccc1O. The Balaban J connectivity index is 1.55. The molecule has 1 heterocycles. The number of benzene rings is 3. The highest BCUT2D eigenvalue weighted by molar-refractivity contribution is 5.99. The number of para-hydroxylation sites is 1. The van der Waals surface area contributed by atoms with E-state index in [1.807, 2.05) is 55.5 Å². The second-order valence-corrected chi connectivity index (χ2v) is 8.03. The topological polar surface area (TPSA) is 98.1 Å². The van der Waals surface area contributed by atoms with Crippen LogP contribution in [0.25, 0.3) is 11.1 Å². The lowest BCUT2D eigenvalue weighted by molar-refractivity contribution is 0.248. The number of phenols is 1. The molecule has 0 saturated heterocycles. The monoisotopic (exact) mass is 450 g/mol. The van der Waals surface area contributed by atoms with Gasteiger partial charge in [-0.25, -0.2) is 4.79 Å². The molecule has 0 spiro atoms. The first-order valence-electron chi connectivity index (χ1n) is 11.0. The van der Waals surface area contributed by atoms with Gasteiger partial charge in [-0.15, -0.1) is 0 Å². The fraction of sp³-hybridized carbons (Fsp3) is 0.107. The Hall–Kier alpha value is -4.45. The minimum absolute atomic E-state index is 0.0639. The third kappa shape index (κ3) is 5.48. The van der Waals surface area contributed by atoms with Crippen LogP contribution in [0, 0.1) is 12.3 Å². The zero-order valence-electron chi connectivity index (χ0n) is 18.8. The molecule has 3 aromatic carbocycles. The Kier molecular flexibility index (Phi) is 6.98. The second-order valence-electron chi connectivity index (χ2n) is 8.03. The van der Waals surface area contributed by atoms with Crippen molar-refractivity contribution in [2.45, 2.75) is 19.4 Å². The minimum Gasteiger partial charge on any atom is -0.508 e. The quantitative estimate of drug-likeness (QED) is 0.257. The minimum atomic E-state index is -0.605. The standard InChI is InChI=1S/C28H26N4O2/c1-19-13-14-21(20-8-3-2-4-9-20)16-25(19)31-28(34)32-26(23-11-5-6-12-27(23)33)17-24(29)22-10-7-15-30-18-22/h2-16,18,26,29,33H,17H2,1H3,(H2,31,32,34). The van der Waals surface area contributed by atoms with Gasteiger partial charge in [0, 0.05) is 41.3 Å². The van der Waals surface area contributed by atoms with Gasteiger partial charge < -0.3 is 21.1 Å². The summed E-state index contributed by atoms with van der Waals surface area (Å²) in [7, 11) is 0. The number of hydrogen-bond acceptors (Lipinski definition) is 4. The molecule has 6 nitrogen and oxygen atoms in total. The number of nitrogens with zero attached hydrogens (tertiary/aromatic N) is 1. The summed E-state index contributed by atoms with van der Waals surface area (Å²) in [5, 5.41) is 24.8. The molecule has 0 radical (unpaired) electrons. The Bertz CT molecular complexity index is 1290. The number of carbonyl (C=O) groups is 1. The summed E-state index contributed by atoms with van der Waals surface area (Å²) in [4.78, 5) is 17.1. The third-order valence-electron chi connectivity index (χ3n) is 5.63. The zero-order valence-corrected chi connectivity index (χ0v) is 18.8. The van der Waals surface area contributed by atoms with Crippen molar-refractivity contribution in [1.29, 1.82) is 5.41 Å². The molecular formula is C28H26N4O2. The van der Waals surface area contributed by atoms with Crippen molar-refractivity contribution in [3.8, 4) is 16.9 Å². The first kappa shape index (κ1) is 22.7. The molecule has 1 atom stereocenters. The van der Waals surface area contributed by atoms with Crippen molar-refractivity contribution in [3.63, 3.8) is 0 Å². The van der Waals surface area contributed by atoms with E-state index in [1.165, 1.54) is 0 Å². The smallest absolute Gasteiger partial charge is 0.319 e. The highest BCUT2D eigenvalue weighted by atomic mass is 16.3. The Morgan fingerprint density at radius 1 is 0.971 bits per heavy atom. The van der Waals surface area contributed by atoms with Gasteiger partial charge in [0.1, 0.15) is 5.75 Å². The van der Waals surface area contributed by atoms with Crippen LogP contribution in [0.2, 0.25) is 0 Å². The molecule has 4 N–H and O–H groups in total. The molecule has 2 amide bonds. The van der Waals surface area contributed by atoms with Crippen molar-refractivity contribution in [3.05, 3.63) is 114 Å². The van der Waals surface area contributed by atoms with Crippen molar-refractivity contribution >= 4 is 17.4 Å². The van der Waals surface area contributed by atoms with Crippen LogP contribution in [0.1, 0.15) is 29.2 Å². The Labute approximate surface area is 198 Å². The van der Waals surface area contributed by atoms with E-state index in [0.29, 0.717) is 22.5 Å². The predicted octanol–water partition coefficient (Wildman–Crippen LogP) is 6.08. The second kappa shape index (κ2) is 10.4. The molecule has 170 valence electrons. The van der Waals surface area contributed by atoms with Gasteiger partial charge >= 0.3 is 6.03 Å². The average Bonchev–Trinajstić information content (AvgIpc) is 2.86. The summed E-state index contributed by atoms with van der Waals surface area (Å²) in [5.74, 6) is 0.0639. The van der Waals surface area contributed by atoms with E-state index in [2.05, 4.69) is 15.6 Å². The van der Waals surface area contributed by atoms with E-state index in [0.717, 1.165) is 16.7 Å². The van der Waals surface area contributed by atoms with E-state index in [1.54, 1.807) is 48.8 Å². The van der Waals surface area contributed by atoms with E-state index in [9.17, 15) is 9.90 Å². The molecule has 0 aliphatic carbocycles. The first-order chi connectivity index (χ1) is 16.5. The zero-order chi connectivity index (χ0) is 23.9. The molecule has 0 saturated carbocycles. The lowest BCUT2D eigenvalue weighted by Crippen LogP contribution is -2.34. The van der Waals surface area contributed by atoms with Crippen LogP contribution in [0.5, 0.6) is 5.75 Å². The van der Waals surface area contributed by atoms with Crippen molar-refractivity contribution < 1.29 is 9.90 Å². The predicted molar refractivity (Wildman–Crippen MR) is 135 cm³/mol. The maximum absolute atomic E-state index is 13.0. The highest BCUT2D eigenvalue weighted by Crippen LogP contribution is 2.28. The molecule has 4 rings (SSSR count). The van der Waals surface area contributed by atoms with Crippen LogP contribution in [-0.2, 0) is 0 Å². The van der Waals surface area contributed by atoms with E-state index < -0.39 is 12.1 Å². The maximum atomic E-state index is 13.0. The number of anilines is 1. The molecule has 34 heavy (non-hydrogen) atoms. The number of hydrogen-bond donors (Lipinski definition) is 4. The fourth-order valence-electron chi connectivity index (χ4n) is 3.77. The van der Waals surface area contributed by atoms with Gasteiger partial charge in [-0.1, -0.05) is 66.7 Å².